The first-order valence-corrected chi connectivity index (χ1v) is 3.31. The van der Waals surface area contributed by atoms with Gasteiger partial charge in [0.15, 0.2) is 0 Å². The van der Waals surface area contributed by atoms with Crippen LogP contribution in [0.1, 0.15) is 13.8 Å². The van der Waals surface area contributed by atoms with E-state index in [2.05, 4.69) is 23.5 Å². The second-order valence-corrected chi connectivity index (χ2v) is 1.16. The predicted octanol–water partition coefficient (Wildman–Crippen LogP) is 1.96. The van der Waals surface area contributed by atoms with Gasteiger partial charge in [0.25, 0.3) is 0 Å². The van der Waals surface area contributed by atoms with Gasteiger partial charge >= 0.3 is 0 Å². The van der Waals surface area contributed by atoms with E-state index in [1.807, 2.05) is 13.8 Å². The van der Waals surface area contributed by atoms with E-state index in [4.69, 9.17) is 0 Å². The van der Waals surface area contributed by atoms with Crippen molar-refractivity contribution in [2.75, 3.05) is 7.05 Å². The molecule has 0 saturated heterocycles. The highest BCUT2D eigenvalue weighted by atomic mass is 14.9. The molecule has 0 saturated carbocycles. The number of aliphatic imine (C=N–C) groups is 1. The van der Waals surface area contributed by atoms with Gasteiger partial charge in [0, 0.05) is 7.05 Å². The van der Waals surface area contributed by atoms with E-state index < -0.39 is 0 Å². The van der Waals surface area contributed by atoms with Crippen LogP contribution in [0.25, 0.3) is 0 Å². The molecule has 0 bridgehead atoms. The van der Waals surface area contributed by atoms with Gasteiger partial charge in [0.2, 0.25) is 0 Å². The molecule has 0 aromatic carbocycles. The highest BCUT2D eigenvalue weighted by Gasteiger charge is 1.79. The third-order valence-electron chi connectivity index (χ3n) is 0.684. The number of amidine groups is 1. The lowest BCUT2D eigenvalue weighted by Gasteiger charge is -1.93. The summed E-state index contributed by atoms with van der Waals surface area (Å²) < 4.78 is 0. The Morgan fingerprint density at radius 1 is 1.40 bits per heavy atom. The molecule has 0 aromatic heterocycles. The number of rotatable bonds is 2. The lowest BCUT2D eigenvalue weighted by molar-refractivity contribution is 1.25. The topological polar surface area (TPSA) is 24.4 Å². The fraction of sp³-hybridized carbons (Fsp3) is 0.375. The van der Waals surface area contributed by atoms with Crippen molar-refractivity contribution >= 4 is 5.84 Å². The normalized spacial score (nSPS) is 8.90. The number of nitrogens with zero attached hydrogens (tertiary/aromatic N) is 1. The summed E-state index contributed by atoms with van der Waals surface area (Å²) in [7, 11) is 1.69. The predicted molar refractivity (Wildman–Crippen MR) is 48.2 cm³/mol. The summed E-state index contributed by atoms with van der Waals surface area (Å²) in [6, 6.07) is 0. The Kier molecular flexibility index (Phi) is 12.7. The Balaban J connectivity index is 0. The maximum absolute atomic E-state index is 3.81. The van der Waals surface area contributed by atoms with Gasteiger partial charge in [0.05, 0.1) is 0 Å². The van der Waals surface area contributed by atoms with E-state index in [0.29, 0.717) is 0 Å². The molecule has 0 amide bonds. The van der Waals surface area contributed by atoms with Crippen LogP contribution < -0.4 is 5.32 Å². The zero-order valence-electron chi connectivity index (χ0n) is 7.02. The van der Waals surface area contributed by atoms with Crippen molar-refractivity contribution in [3.63, 3.8) is 0 Å². The minimum Gasteiger partial charge on any atom is -0.348 e. The molecule has 10 heavy (non-hydrogen) atoms. The minimum atomic E-state index is 0.736. The Labute approximate surface area is 63.4 Å². The lowest BCUT2D eigenvalue weighted by Crippen LogP contribution is -2.12. The molecule has 0 aliphatic carbocycles. The van der Waals surface area contributed by atoms with Gasteiger partial charge in [-0.05, 0) is 12.3 Å². The van der Waals surface area contributed by atoms with Crippen molar-refractivity contribution in [3.8, 4) is 0 Å². The quantitative estimate of drug-likeness (QED) is 0.460. The van der Waals surface area contributed by atoms with Crippen LogP contribution in [0.4, 0.5) is 0 Å². The van der Waals surface area contributed by atoms with Crippen LogP contribution in [0, 0.1) is 0 Å². The van der Waals surface area contributed by atoms with Crippen LogP contribution in [0.15, 0.2) is 30.4 Å². The van der Waals surface area contributed by atoms with Crippen LogP contribution in [-0.2, 0) is 0 Å². The highest BCUT2D eigenvalue weighted by Crippen LogP contribution is 1.70. The highest BCUT2D eigenvalue weighted by molar-refractivity contribution is 5.92. The van der Waals surface area contributed by atoms with Crippen molar-refractivity contribution in [3.05, 3.63) is 25.4 Å². The average Bonchev–Trinajstić information content (AvgIpc) is 2.04. The minimum absolute atomic E-state index is 0.736. The maximum Gasteiger partial charge on any atom is 0.123 e. The van der Waals surface area contributed by atoms with Gasteiger partial charge in [-0.1, -0.05) is 27.0 Å². The molecule has 0 unspecified atom stereocenters. The Bertz CT molecular complexity index is 114. The van der Waals surface area contributed by atoms with Gasteiger partial charge in [0.1, 0.15) is 5.84 Å². The summed E-state index contributed by atoms with van der Waals surface area (Å²) in [5.41, 5.74) is 0. The Morgan fingerprint density at radius 2 is 1.90 bits per heavy atom. The zero-order chi connectivity index (χ0) is 8.41. The molecule has 0 spiro atoms. The first-order chi connectivity index (χ1) is 4.85. The number of hydrogen-bond acceptors (Lipinski definition) is 1. The molecule has 0 aliphatic rings. The Morgan fingerprint density at radius 3 is 2.00 bits per heavy atom. The SMILES string of the molecule is C=CNC(C=C)=NC.CC. The second kappa shape index (κ2) is 10.8. The van der Waals surface area contributed by atoms with E-state index in [1.54, 1.807) is 19.3 Å². The summed E-state index contributed by atoms with van der Waals surface area (Å²) >= 11 is 0. The molecule has 0 heterocycles. The summed E-state index contributed by atoms with van der Waals surface area (Å²) in [5.74, 6) is 0.736. The van der Waals surface area contributed by atoms with Crippen LogP contribution in [0.3, 0.4) is 0 Å². The molecule has 0 aliphatic heterocycles. The number of hydrogen-bond donors (Lipinski definition) is 1. The van der Waals surface area contributed by atoms with Crippen LogP contribution >= 0.6 is 0 Å². The fourth-order valence-electron chi connectivity index (χ4n) is 0.319. The van der Waals surface area contributed by atoms with Crippen molar-refractivity contribution in [1.29, 1.82) is 0 Å². The molecule has 58 valence electrons. The van der Waals surface area contributed by atoms with Crippen LogP contribution in [-0.4, -0.2) is 12.9 Å². The monoisotopic (exact) mass is 140 g/mol. The van der Waals surface area contributed by atoms with E-state index in [-0.39, 0.29) is 0 Å². The van der Waals surface area contributed by atoms with E-state index in [9.17, 15) is 0 Å². The average molecular weight is 140 g/mol. The van der Waals surface area contributed by atoms with Gasteiger partial charge in [-0.3, -0.25) is 4.99 Å². The molecule has 0 fully saturated rings. The molecule has 0 atom stereocenters. The van der Waals surface area contributed by atoms with Crippen molar-refractivity contribution in [2.45, 2.75) is 13.8 Å². The fourth-order valence-corrected chi connectivity index (χ4v) is 0.319. The smallest absolute Gasteiger partial charge is 0.123 e. The molecule has 0 radical (unpaired) electrons. The lowest BCUT2D eigenvalue weighted by atomic mass is 10.5. The molecule has 2 heteroatoms. The standard InChI is InChI=1S/C6H10N2.C2H6/c1-4-6(7-3)8-5-2;1-2/h4-5H,1-2H2,3H3,(H,7,8);1-2H3. The van der Waals surface area contributed by atoms with Crippen LogP contribution in [0.5, 0.6) is 0 Å². The van der Waals surface area contributed by atoms with E-state index >= 15 is 0 Å². The van der Waals surface area contributed by atoms with E-state index in [0.717, 1.165) is 5.84 Å². The Hall–Kier alpha value is -1.05. The molecule has 0 rings (SSSR count). The van der Waals surface area contributed by atoms with Gasteiger partial charge in [-0.25, -0.2) is 0 Å². The van der Waals surface area contributed by atoms with Crippen molar-refractivity contribution in [2.24, 2.45) is 4.99 Å². The van der Waals surface area contributed by atoms with E-state index in [1.165, 1.54) is 0 Å². The number of nitrogens with one attached hydrogen (secondary N) is 1. The molecule has 1 N–H and O–H groups in total. The van der Waals surface area contributed by atoms with Gasteiger partial charge in [-0.2, -0.15) is 0 Å². The van der Waals surface area contributed by atoms with Gasteiger partial charge < -0.3 is 5.32 Å². The summed E-state index contributed by atoms with van der Waals surface area (Å²) in [5, 5.41) is 2.78. The molecule has 0 aromatic rings. The molecule has 2 nitrogen and oxygen atoms in total. The first-order valence-electron chi connectivity index (χ1n) is 3.31. The van der Waals surface area contributed by atoms with Crippen molar-refractivity contribution < 1.29 is 0 Å². The largest absolute Gasteiger partial charge is 0.348 e. The second-order valence-electron chi connectivity index (χ2n) is 1.16. The molecular weight excluding hydrogens is 124 g/mol. The summed E-state index contributed by atoms with van der Waals surface area (Å²) in [4.78, 5) is 3.81. The zero-order valence-corrected chi connectivity index (χ0v) is 7.02. The third-order valence-corrected chi connectivity index (χ3v) is 0.684. The summed E-state index contributed by atoms with van der Waals surface area (Å²) in [6.45, 7) is 11.0. The third kappa shape index (κ3) is 6.95. The van der Waals surface area contributed by atoms with Crippen LogP contribution in [0.2, 0.25) is 0 Å². The molecular formula is C8H16N2. The first kappa shape index (κ1) is 11.7. The maximum atomic E-state index is 3.81. The summed E-state index contributed by atoms with van der Waals surface area (Å²) in [6.07, 6.45) is 3.19. The van der Waals surface area contributed by atoms with Gasteiger partial charge in [-0.15, -0.1) is 0 Å². The van der Waals surface area contributed by atoms with Crippen molar-refractivity contribution in [1.82, 2.24) is 5.32 Å².